The molecule has 112 valence electrons. The highest BCUT2D eigenvalue weighted by atomic mass is 127. The molecule has 0 aliphatic heterocycles. The van der Waals surface area contributed by atoms with Gasteiger partial charge in [0.25, 0.3) is 5.69 Å². The summed E-state index contributed by atoms with van der Waals surface area (Å²) >= 11 is 1.73. The average Bonchev–Trinajstić information content (AvgIpc) is 2.37. The van der Waals surface area contributed by atoms with Crippen LogP contribution in [0.2, 0.25) is 0 Å². The largest absolute Gasteiger partial charge is 0.396 e. The molecule has 2 N–H and O–H groups in total. The topological polar surface area (TPSA) is 75.4 Å². The summed E-state index contributed by atoms with van der Waals surface area (Å²) in [5.41, 5.74) is -0.0884. The number of rotatable bonds is 7. The maximum atomic E-state index is 13.5. The molecule has 0 unspecified atom stereocenters. The molecule has 0 amide bonds. The van der Waals surface area contributed by atoms with Gasteiger partial charge in [-0.15, -0.1) is 0 Å². The van der Waals surface area contributed by atoms with Crippen molar-refractivity contribution in [3.8, 4) is 0 Å². The van der Waals surface area contributed by atoms with Gasteiger partial charge in [-0.05, 0) is 40.8 Å². The van der Waals surface area contributed by atoms with Crippen LogP contribution in [0.1, 0.15) is 26.7 Å². The smallest absolute Gasteiger partial charge is 0.293 e. The van der Waals surface area contributed by atoms with Gasteiger partial charge >= 0.3 is 0 Å². The van der Waals surface area contributed by atoms with E-state index in [4.69, 9.17) is 5.11 Å². The summed E-state index contributed by atoms with van der Waals surface area (Å²) in [6.07, 6.45) is 1.44. The summed E-state index contributed by atoms with van der Waals surface area (Å²) in [5.74, 6) is -0.480. The summed E-state index contributed by atoms with van der Waals surface area (Å²) in [6.45, 7) is 4.56. The van der Waals surface area contributed by atoms with Crippen molar-refractivity contribution in [3.63, 3.8) is 0 Å². The van der Waals surface area contributed by atoms with Gasteiger partial charge in [0, 0.05) is 25.3 Å². The number of aliphatic hydroxyl groups is 1. The Morgan fingerprint density at radius 1 is 1.50 bits per heavy atom. The summed E-state index contributed by atoms with van der Waals surface area (Å²) in [6, 6.07) is 2.38. The van der Waals surface area contributed by atoms with E-state index in [0.717, 1.165) is 12.5 Å². The van der Waals surface area contributed by atoms with Crippen molar-refractivity contribution < 1.29 is 14.4 Å². The van der Waals surface area contributed by atoms with Gasteiger partial charge in [0.2, 0.25) is 0 Å². The molecule has 0 saturated heterocycles. The van der Waals surface area contributed by atoms with Crippen molar-refractivity contribution in [2.45, 2.75) is 26.7 Å². The van der Waals surface area contributed by atoms with Crippen LogP contribution >= 0.6 is 22.6 Å². The Hall–Kier alpha value is -0.960. The lowest BCUT2D eigenvalue weighted by Gasteiger charge is -2.25. The van der Waals surface area contributed by atoms with E-state index in [2.05, 4.69) is 5.32 Å². The Labute approximate surface area is 130 Å². The van der Waals surface area contributed by atoms with Crippen LogP contribution in [-0.4, -0.2) is 23.2 Å². The van der Waals surface area contributed by atoms with Gasteiger partial charge in [0.15, 0.2) is 0 Å². The van der Waals surface area contributed by atoms with E-state index in [9.17, 15) is 14.5 Å². The van der Waals surface area contributed by atoms with E-state index in [1.54, 1.807) is 22.6 Å². The first-order chi connectivity index (χ1) is 9.26. The lowest BCUT2D eigenvalue weighted by molar-refractivity contribution is -0.384. The highest BCUT2D eigenvalue weighted by molar-refractivity contribution is 14.1. The number of anilines is 1. The molecule has 20 heavy (non-hydrogen) atoms. The van der Waals surface area contributed by atoms with Crippen LogP contribution in [0.3, 0.4) is 0 Å². The fraction of sp³-hybridized carbons (Fsp3) is 0.538. The molecule has 5 nitrogen and oxygen atoms in total. The van der Waals surface area contributed by atoms with Crippen molar-refractivity contribution >= 4 is 34.0 Å². The fourth-order valence-corrected chi connectivity index (χ4v) is 2.26. The zero-order valence-electron chi connectivity index (χ0n) is 11.4. The molecule has 0 bridgehead atoms. The number of nitro groups is 1. The van der Waals surface area contributed by atoms with Crippen LogP contribution in [0.15, 0.2) is 12.1 Å². The van der Waals surface area contributed by atoms with E-state index in [1.165, 1.54) is 6.07 Å². The monoisotopic (exact) mass is 396 g/mol. The first-order valence-corrected chi connectivity index (χ1v) is 7.33. The van der Waals surface area contributed by atoms with E-state index >= 15 is 0 Å². The Kier molecular flexibility index (Phi) is 6.12. The third-order valence-corrected chi connectivity index (χ3v) is 3.83. The van der Waals surface area contributed by atoms with Crippen molar-refractivity contribution in [1.29, 1.82) is 0 Å². The van der Waals surface area contributed by atoms with Gasteiger partial charge in [0.05, 0.1) is 8.49 Å². The normalized spacial score (nSPS) is 11.4. The predicted octanol–water partition coefficient (Wildman–Crippen LogP) is 3.55. The molecule has 1 rings (SSSR count). The summed E-state index contributed by atoms with van der Waals surface area (Å²) < 4.78 is 13.8. The number of nitrogens with one attached hydrogen (secondary N) is 1. The Bertz CT molecular complexity index is 495. The lowest BCUT2D eigenvalue weighted by atomic mass is 9.88. The molecule has 1 aromatic carbocycles. The van der Waals surface area contributed by atoms with Gasteiger partial charge in [0.1, 0.15) is 11.5 Å². The number of nitrogens with zero attached hydrogens (tertiary/aromatic N) is 1. The van der Waals surface area contributed by atoms with Crippen LogP contribution in [0.4, 0.5) is 15.8 Å². The number of hydrogen-bond acceptors (Lipinski definition) is 4. The standard InChI is InChI=1S/C13H18FIN2O3/c1-13(2,4-3-5-18)8-16-11-6-9(14)10(15)7-12(11)17(19)20/h6-7,16,18H,3-5,8H2,1-2H3. The SMILES string of the molecule is CC(C)(CCCO)CNc1cc(F)c(I)cc1[N+](=O)[O-]. The first-order valence-electron chi connectivity index (χ1n) is 6.25. The van der Waals surface area contributed by atoms with E-state index in [1.807, 2.05) is 13.8 Å². The second-order valence-corrected chi connectivity index (χ2v) is 6.55. The Morgan fingerprint density at radius 2 is 2.15 bits per heavy atom. The van der Waals surface area contributed by atoms with Crippen molar-refractivity contribution in [2.75, 3.05) is 18.5 Å². The third-order valence-electron chi connectivity index (χ3n) is 3.00. The molecule has 0 saturated carbocycles. The van der Waals surface area contributed by atoms with Crippen LogP contribution in [-0.2, 0) is 0 Å². The zero-order valence-corrected chi connectivity index (χ0v) is 13.6. The van der Waals surface area contributed by atoms with Crippen molar-refractivity contribution in [3.05, 3.63) is 31.6 Å². The number of hydrogen-bond donors (Lipinski definition) is 2. The molecule has 0 heterocycles. The summed E-state index contributed by atoms with van der Waals surface area (Å²) in [7, 11) is 0. The number of nitro benzene ring substituents is 1. The molecule has 0 fully saturated rings. The second kappa shape index (κ2) is 7.16. The van der Waals surface area contributed by atoms with Crippen LogP contribution in [0.25, 0.3) is 0 Å². The maximum absolute atomic E-state index is 13.5. The van der Waals surface area contributed by atoms with E-state index in [0.29, 0.717) is 13.0 Å². The van der Waals surface area contributed by atoms with Gasteiger partial charge in [-0.2, -0.15) is 0 Å². The van der Waals surface area contributed by atoms with Crippen LogP contribution in [0, 0.1) is 24.9 Å². The number of aliphatic hydroxyl groups excluding tert-OH is 1. The molecule has 0 radical (unpaired) electrons. The quantitative estimate of drug-likeness (QED) is 0.420. The number of benzene rings is 1. The van der Waals surface area contributed by atoms with E-state index in [-0.39, 0.29) is 27.0 Å². The zero-order chi connectivity index (χ0) is 15.3. The van der Waals surface area contributed by atoms with Crippen LogP contribution in [0.5, 0.6) is 0 Å². The highest BCUT2D eigenvalue weighted by Crippen LogP contribution is 2.30. The predicted molar refractivity (Wildman–Crippen MR) is 84.4 cm³/mol. The minimum absolute atomic E-state index is 0.113. The fourth-order valence-electron chi connectivity index (χ4n) is 1.81. The van der Waals surface area contributed by atoms with Crippen LogP contribution < -0.4 is 5.32 Å². The minimum Gasteiger partial charge on any atom is -0.396 e. The molecular weight excluding hydrogens is 378 g/mol. The first kappa shape index (κ1) is 17.1. The summed E-state index contributed by atoms with van der Waals surface area (Å²) in [4.78, 5) is 10.5. The molecule has 0 aliphatic rings. The molecular formula is C13H18FIN2O3. The molecule has 0 aliphatic carbocycles. The Balaban J connectivity index is 2.86. The maximum Gasteiger partial charge on any atom is 0.293 e. The molecule has 1 aromatic rings. The highest BCUT2D eigenvalue weighted by Gasteiger charge is 2.21. The van der Waals surface area contributed by atoms with Gasteiger partial charge in [-0.1, -0.05) is 13.8 Å². The molecule has 7 heteroatoms. The third kappa shape index (κ3) is 4.86. The van der Waals surface area contributed by atoms with Gasteiger partial charge < -0.3 is 10.4 Å². The van der Waals surface area contributed by atoms with Crippen molar-refractivity contribution in [2.24, 2.45) is 5.41 Å². The molecule has 0 aromatic heterocycles. The van der Waals surface area contributed by atoms with Gasteiger partial charge in [-0.25, -0.2) is 4.39 Å². The second-order valence-electron chi connectivity index (χ2n) is 5.39. The van der Waals surface area contributed by atoms with Crippen molar-refractivity contribution in [1.82, 2.24) is 0 Å². The minimum atomic E-state index is -0.523. The Morgan fingerprint density at radius 3 is 2.70 bits per heavy atom. The molecule has 0 spiro atoms. The van der Waals surface area contributed by atoms with Gasteiger partial charge in [-0.3, -0.25) is 10.1 Å². The van der Waals surface area contributed by atoms with E-state index < -0.39 is 10.7 Å². The summed E-state index contributed by atoms with van der Waals surface area (Å²) in [5, 5.41) is 22.8. The average molecular weight is 396 g/mol. The number of halogens is 2. The molecule has 0 atom stereocenters. The lowest BCUT2D eigenvalue weighted by Crippen LogP contribution is -2.23.